The number of rotatable bonds is 7. The summed E-state index contributed by atoms with van der Waals surface area (Å²) in [5.41, 5.74) is 1.63. The Labute approximate surface area is 150 Å². The highest BCUT2D eigenvalue weighted by Crippen LogP contribution is 2.23. The predicted molar refractivity (Wildman–Crippen MR) is 101 cm³/mol. The normalized spacial score (nSPS) is 20.4. The highest BCUT2D eigenvalue weighted by Gasteiger charge is 2.29. The van der Waals surface area contributed by atoms with Crippen LogP contribution in [-0.2, 0) is 11.3 Å². The zero-order chi connectivity index (χ0) is 18.1. The average molecular weight is 346 g/mol. The molecule has 1 saturated heterocycles. The topological polar surface area (TPSA) is 74.8 Å². The molecule has 0 bridgehead atoms. The van der Waals surface area contributed by atoms with Crippen molar-refractivity contribution in [2.75, 3.05) is 26.2 Å². The minimum Gasteiger partial charge on any atom is -0.373 e. The summed E-state index contributed by atoms with van der Waals surface area (Å²) in [6.07, 6.45) is 2.19. The molecule has 1 aromatic rings. The second-order valence-corrected chi connectivity index (χ2v) is 6.51. The van der Waals surface area contributed by atoms with E-state index in [0.29, 0.717) is 18.7 Å². The van der Waals surface area contributed by atoms with Crippen LogP contribution in [0.3, 0.4) is 0 Å². The van der Waals surface area contributed by atoms with Crippen LogP contribution in [0.4, 0.5) is 0 Å². The summed E-state index contributed by atoms with van der Waals surface area (Å²) >= 11 is 0. The Morgan fingerprint density at radius 2 is 1.88 bits per heavy atom. The van der Waals surface area contributed by atoms with Gasteiger partial charge in [0.25, 0.3) is 5.91 Å². The van der Waals surface area contributed by atoms with Gasteiger partial charge in [0, 0.05) is 31.8 Å². The van der Waals surface area contributed by atoms with Crippen LogP contribution in [0.25, 0.3) is 0 Å². The van der Waals surface area contributed by atoms with Crippen molar-refractivity contribution in [3.05, 3.63) is 35.4 Å². The third-order valence-electron chi connectivity index (χ3n) is 4.25. The van der Waals surface area contributed by atoms with Gasteiger partial charge in [-0.1, -0.05) is 12.1 Å². The minimum atomic E-state index is -0.107. The Balaban J connectivity index is 1.92. The molecule has 1 heterocycles. The summed E-state index contributed by atoms with van der Waals surface area (Å²) in [6.45, 7) is 9.67. The number of nitrogens with zero attached hydrogens (tertiary/aromatic N) is 1. The van der Waals surface area contributed by atoms with Crippen molar-refractivity contribution in [3.8, 4) is 0 Å². The number of guanidine groups is 1. The first-order chi connectivity index (χ1) is 12.1. The van der Waals surface area contributed by atoms with Crippen molar-refractivity contribution in [1.29, 1.82) is 0 Å². The van der Waals surface area contributed by atoms with Gasteiger partial charge in [0.2, 0.25) is 0 Å². The van der Waals surface area contributed by atoms with Crippen LogP contribution in [0.2, 0.25) is 0 Å². The van der Waals surface area contributed by atoms with Crippen molar-refractivity contribution in [1.82, 2.24) is 16.0 Å². The molecule has 2 rings (SSSR count). The molecule has 1 atom stereocenters. The quantitative estimate of drug-likeness (QED) is 0.522. The van der Waals surface area contributed by atoms with Crippen LogP contribution < -0.4 is 16.0 Å². The first-order valence-electron chi connectivity index (χ1n) is 9.09. The molecule has 1 unspecified atom stereocenters. The highest BCUT2D eigenvalue weighted by atomic mass is 16.5. The maximum Gasteiger partial charge on any atom is 0.251 e. The van der Waals surface area contributed by atoms with Crippen LogP contribution in [0.15, 0.2) is 29.3 Å². The molecule has 138 valence electrons. The van der Waals surface area contributed by atoms with Gasteiger partial charge in [0.1, 0.15) is 0 Å². The summed E-state index contributed by atoms with van der Waals surface area (Å²) in [6, 6.07) is 7.56. The van der Waals surface area contributed by atoms with E-state index in [-0.39, 0.29) is 11.5 Å². The number of amides is 1. The standard InChI is InChI=1S/C19H30N4O2/c1-4-20-17(24)16-9-7-15(8-10-16)13-22-18(21-5-2)23-14-19(3)11-6-12-25-19/h7-10H,4-6,11-14H2,1-3H3,(H,20,24)(H2,21,22,23). The predicted octanol–water partition coefficient (Wildman–Crippen LogP) is 2.06. The number of benzene rings is 1. The molecular weight excluding hydrogens is 316 g/mol. The van der Waals surface area contributed by atoms with E-state index in [4.69, 9.17) is 4.74 Å². The number of aliphatic imine (C=N–C) groups is 1. The lowest BCUT2D eigenvalue weighted by Crippen LogP contribution is -2.45. The fourth-order valence-electron chi connectivity index (χ4n) is 2.78. The first kappa shape index (κ1) is 19.2. The zero-order valence-electron chi connectivity index (χ0n) is 15.5. The third-order valence-corrected chi connectivity index (χ3v) is 4.25. The monoisotopic (exact) mass is 346 g/mol. The molecule has 0 radical (unpaired) electrons. The smallest absolute Gasteiger partial charge is 0.251 e. The molecule has 3 N–H and O–H groups in total. The molecule has 6 heteroatoms. The summed E-state index contributed by atoms with van der Waals surface area (Å²) in [5.74, 6) is 0.740. The molecule has 1 aromatic carbocycles. The Morgan fingerprint density at radius 3 is 2.48 bits per heavy atom. The van der Waals surface area contributed by atoms with Crippen molar-refractivity contribution in [2.45, 2.75) is 45.8 Å². The minimum absolute atomic E-state index is 0.0441. The highest BCUT2D eigenvalue weighted by molar-refractivity contribution is 5.94. The van der Waals surface area contributed by atoms with Crippen molar-refractivity contribution in [2.24, 2.45) is 4.99 Å². The van der Waals surface area contributed by atoms with Gasteiger partial charge in [-0.05, 0) is 51.3 Å². The van der Waals surface area contributed by atoms with E-state index < -0.39 is 0 Å². The average Bonchev–Trinajstić information content (AvgIpc) is 3.05. The lowest BCUT2D eigenvalue weighted by Gasteiger charge is -2.24. The molecule has 0 aliphatic carbocycles. The van der Waals surface area contributed by atoms with E-state index in [1.807, 2.05) is 38.1 Å². The number of carbonyl (C=O) groups excluding carboxylic acids is 1. The number of ether oxygens (including phenoxy) is 1. The molecule has 0 saturated carbocycles. The van der Waals surface area contributed by atoms with Gasteiger partial charge >= 0.3 is 0 Å². The summed E-state index contributed by atoms with van der Waals surface area (Å²) < 4.78 is 5.80. The number of carbonyl (C=O) groups is 1. The Morgan fingerprint density at radius 1 is 1.16 bits per heavy atom. The van der Waals surface area contributed by atoms with E-state index >= 15 is 0 Å². The number of nitrogens with one attached hydrogen (secondary N) is 3. The van der Waals surface area contributed by atoms with E-state index in [1.54, 1.807) is 0 Å². The molecule has 1 amide bonds. The van der Waals surface area contributed by atoms with Crippen LogP contribution in [0.5, 0.6) is 0 Å². The lowest BCUT2D eigenvalue weighted by atomic mass is 10.0. The number of hydrogen-bond acceptors (Lipinski definition) is 3. The lowest BCUT2D eigenvalue weighted by molar-refractivity contribution is 0.0243. The van der Waals surface area contributed by atoms with Crippen molar-refractivity contribution < 1.29 is 9.53 Å². The van der Waals surface area contributed by atoms with Gasteiger partial charge in [-0.15, -0.1) is 0 Å². The van der Waals surface area contributed by atoms with Gasteiger partial charge in [-0.25, -0.2) is 4.99 Å². The van der Waals surface area contributed by atoms with E-state index in [9.17, 15) is 4.79 Å². The van der Waals surface area contributed by atoms with Gasteiger partial charge < -0.3 is 20.7 Å². The van der Waals surface area contributed by atoms with Crippen LogP contribution in [0, 0.1) is 0 Å². The Hall–Kier alpha value is -2.08. The molecule has 25 heavy (non-hydrogen) atoms. The summed E-state index contributed by atoms with van der Waals surface area (Å²) in [4.78, 5) is 16.4. The summed E-state index contributed by atoms with van der Waals surface area (Å²) in [5, 5.41) is 9.43. The van der Waals surface area contributed by atoms with Crippen molar-refractivity contribution in [3.63, 3.8) is 0 Å². The van der Waals surface area contributed by atoms with E-state index in [0.717, 1.165) is 44.1 Å². The molecule has 0 aromatic heterocycles. The maximum atomic E-state index is 11.8. The molecule has 0 spiro atoms. The van der Waals surface area contributed by atoms with Crippen LogP contribution in [0.1, 0.15) is 49.5 Å². The Bertz CT molecular complexity index is 578. The second-order valence-electron chi connectivity index (χ2n) is 6.51. The SMILES string of the molecule is CCNC(=O)c1ccc(CN=C(NCC)NCC2(C)CCCO2)cc1. The molecule has 1 aliphatic rings. The van der Waals surface area contributed by atoms with E-state index in [2.05, 4.69) is 27.9 Å². The Kier molecular flexibility index (Phi) is 7.25. The molecule has 6 nitrogen and oxygen atoms in total. The number of hydrogen-bond donors (Lipinski definition) is 3. The van der Waals surface area contributed by atoms with Crippen LogP contribution >= 0.6 is 0 Å². The fraction of sp³-hybridized carbons (Fsp3) is 0.579. The third kappa shape index (κ3) is 6.05. The largest absolute Gasteiger partial charge is 0.373 e. The zero-order valence-corrected chi connectivity index (χ0v) is 15.5. The second kappa shape index (κ2) is 9.42. The van der Waals surface area contributed by atoms with Gasteiger partial charge in [0.15, 0.2) is 5.96 Å². The molecular formula is C19H30N4O2. The van der Waals surface area contributed by atoms with E-state index in [1.165, 1.54) is 0 Å². The van der Waals surface area contributed by atoms with Gasteiger partial charge in [-0.3, -0.25) is 4.79 Å². The van der Waals surface area contributed by atoms with Crippen LogP contribution in [-0.4, -0.2) is 43.7 Å². The molecule has 1 aliphatic heterocycles. The van der Waals surface area contributed by atoms with Crippen molar-refractivity contribution >= 4 is 11.9 Å². The summed E-state index contributed by atoms with van der Waals surface area (Å²) in [7, 11) is 0. The maximum absolute atomic E-state index is 11.8. The first-order valence-corrected chi connectivity index (χ1v) is 9.09. The van der Waals surface area contributed by atoms with Gasteiger partial charge in [0.05, 0.1) is 12.1 Å². The van der Waals surface area contributed by atoms with Gasteiger partial charge in [-0.2, -0.15) is 0 Å². The fourth-order valence-corrected chi connectivity index (χ4v) is 2.78. The molecule has 1 fully saturated rings.